The van der Waals surface area contributed by atoms with Crippen LogP contribution >= 0.6 is 11.8 Å². The van der Waals surface area contributed by atoms with Crippen molar-refractivity contribution in [3.8, 4) is 0 Å². The molecule has 0 aliphatic heterocycles. The first kappa shape index (κ1) is 15.9. The first-order valence-corrected chi connectivity index (χ1v) is 7.76. The predicted octanol–water partition coefficient (Wildman–Crippen LogP) is 2.28. The summed E-state index contributed by atoms with van der Waals surface area (Å²) in [5.41, 5.74) is 7.08. The third kappa shape index (κ3) is 6.50. The van der Waals surface area contributed by atoms with Crippen LogP contribution in [0.5, 0.6) is 0 Å². The zero-order valence-corrected chi connectivity index (χ0v) is 12.5. The van der Waals surface area contributed by atoms with Crippen LogP contribution in [0, 0.1) is 0 Å². The predicted molar refractivity (Wildman–Crippen MR) is 84.6 cm³/mol. The van der Waals surface area contributed by atoms with Crippen LogP contribution in [0.3, 0.4) is 0 Å². The molecule has 0 heterocycles. The molecule has 1 rings (SSSR count). The van der Waals surface area contributed by atoms with Gasteiger partial charge < -0.3 is 16.0 Å². The Hall–Kier alpha value is -1.20. The lowest BCUT2D eigenvalue weighted by atomic mass is 10.3. The fourth-order valence-electron chi connectivity index (χ4n) is 1.71. The van der Waals surface area contributed by atoms with E-state index in [-0.39, 0.29) is 5.91 Å². The van der Waals surface area contributed by atoms with Gasteiger partial charge in [0.25, 0.3) is 0 Å². The summed E-state index contributed by atoms with van der Waals surface area (Å²) in [6, 6.07) is 7.24. The SMILES string of the molecule is CCN(CC)CCSCC(=O)Nc1cccc(N)c1. The fraction of sp³-hybridized carbons (Fsp3) is 0.500. The molecule has 1 amide bonds. The van der Waals surface area contributed by atoms with Crippen molar-refractivity contribution in [1.82, 2.24) is 4.90 Å². The quantitative estimate of drug-likeness (QED) is 0.567. The highest BCUT2D eigenvalue weighted by Gasteiger charge is 2.04. The van der Waals surface area contributed by atoms with Gasteiger partial charge in [0.2, 0.25) is 5.91 Å². The molecule has 4 nitrogen and oxygen atoms in total. The van der Waals surface area contributed by atoms with E-state index in [1.165, 1.54) is 0 Å². The van der Waals surface area contributed by atoms with E-state index in [0.29, 0.717) is 11.4 Å². The van der Waals surface area contributed by atoms with Crippen LogP contribution in [0.1, 0.15) is 13.8 Å². The number of hydrogen-bond donors (Lipinski definition) is 2. The Bertz CT molecular complexity index is 394. The van der Waals surface area contributed by atoms with Crippen molar-refractivity contribution in [1.29, 1.82) is 0 Å². The Morgan fingerprint density at radius 2 is 2.11 bits per heavy atom. The van der Waals surface area contributed by atoms with Crippen LogP contribution < -0.4 is 11.1 Å². The molecular weight excluding hydrogens is 258 g/mol. The van der Waals surface area contributed by atoms with Crippen molar-refractivity contribution in [3.63, 3.8) is 0 Å². The Kier molecular flexibility index (Phi) is 7.36. The topological polar surface area (TPSA) is 58.4 Å². The number of carbonyl (C=O) groups is 1. The van der Waals surface area contributed by atoms with Gasteiger partial charge >= 0.3 is 0 Å². The van der Waals surface area contributed by atoms with E-state index in [2.05, 4.69) is 24.1 Å². The van der Waals surface area contributed by atoms with E-state index >= 15 is 0 Å². The van der Waals surface area contributed by atoms with Crippen LogP contribution in [-0.4, -0.2) is 41.9 Å². The third-order valence-electron chi connectivity index (χ3n) is 2.85. The molecule has 1 aromatic carbocycles. The van der Waals surface area contributed by atoms with Gasteiger partial charge in [-0.05, 0) is 31.3 Å². The average Bonchev–Trinajstić information content (AvgIpc) is 2.39. The van der Waals surface area contributed by atoms with E-state index in [9.17, 15) is 4.79 Å². The van der Waals surface area contributed by atoms with Crippen molar-refractivity contribution in [2.75, 3.05) is 42.2 Å². The molecule has 0 saturated carbocycles. The van der Waals surface area contributed by atoms with Crippen LogP contribution in [-0.2, 0) is 4.79 Å². The number of thioether (sulfide) groups is 1. The minimum absolute atomic E-state index is 0.0233. The lowest BCUT2D eigenvalue weighted by Gasteiger charge is -2.17. The number of nitrogens with two attached hydrogens (primary N) is 1. The van der Waals surface area contributed by atoms with Gasteiger partial charge in [-0.1, -0.05) is 19.9 Å². The molecule has 0 spiro atoms. The van der Waals surface area contributed by atoms with Crippen molar-refractivity contribution in [2.45, 2.75) is 13.8 Å². The second-order valence-electron chi connectivity index (χ2n) is 4.25. The summed E-state index contributed by atoms with van der Waals surface area (Å²) in [5, 5.41) is 2.85. The standard InChI is InChI=1S/C14H23N3OS/c1-3-17(4-2)8-9-19-11-14(18)16-13-7-5-6-12(15)10-13/h5-7,10H,3-4,8-9,11,15H2,1-2H3,(H,16,18). The van der Waals surface area contributed by atoms with Gasteiger partial charge in [-0.2, -0.15) is 11.8 Å². The number of anilines is 2. The number of nitrogen functional groups attached to an aromatic ring is 1. The van der Waals surface area contributed by atoms with Crippen molar-refractivity contribution in [3.05, 3.63) is 24.3 Å². The average molecular weight is 281 g/mol. The number of hydrogen-bond acceptors (Lipinski definition) is 4. The van der Waals surface area contributed by atoms with Gasteiger partial charge in [0.05, 0.1) is 5.75 Å². The molecule has 0 aliphatic rings. The Morgan fingerprint density at radius 3 is 2.74 bits per heavy atom. The summed E-state index contributed by atoms with van der Waals surface area (Å²) in [5.74, 6) is 1.48. The molecule has 3 N–H and O–H groups in total. The van der Waals surface area contributed by atoms with Gasteiger partial charge in [-0.15, -0.1) is 0 Å². The van der Waals surface area contributed by atoms with Gasteiger partial charge in [-0.25, -0.2) is 0 Å². The Balaban J connectivity index is 2.21. The lowest BCUT2D eigenvalue weighted by molar-refractivity contribution is -0.113. The largest absolute Gasteiger partial charge is 0.399 e. The van der Waals surface area contributed by atoms with Crippen LogP contribution in [0.25, 0.3) is 0 Å². The minimum atomic E-state index is 0.0233. The molecule has 0 aliphatic carbocycles. The molecule has 0 saturated heterocycles. The highest BCUT2D eigenvalue weighted by molar-refractivity contribution is 7.99. The third-order valence-corrected chi connectivity index (χ3v) is 3.79. The van der Waals surface area contributed by atoms with Gasteiger partial charge in [0.15, 0.2) is 0 Å². The number of benzene rings is 1. The van der Waals surface area contributed by atoms with Crippen LogP contribution in [0.15, 0.2) is 24.3 Å². The van der Waals surface area contributed by atoms with Crippen molar-refractivity contribution in [2.24, 2.45) is 0 Å². The zero-order chi connectivity index (χ0) is 14.1. The molecule has 5 heteroatoms. The van der Waals surface area contributed by atoms with E-state index in [1.807, 2.05) is 12.1 Å². The maximum Gasteiger partial charge on any atom is 0.234 e. The number of nitrogens with one attached hydrogen (secondary N) is 1. The van der Waals surface area contributed by atoms with Gasteiger partial charge in [0, 0.05) is 23.7 Å². The minimum Gasteiger partial charge on any atom is -0.399 e. The number of rotatable bonds is 8. The molecule has 0 atom stereocenters. The summed E-state index contributed by atoms with van der Waals surface area (Å²) in [4.78, 5) is 14.1. The fourth-order valence-corrected chi connectivity index (χ4v) is 2.50. The summed E-state index contributed by atoms with van der Waals surface area (Å²) >= 11 is 1.66. The first-order chi connectivity index (χ1) is 9.15. The van der Waals surface area contributed by atoms with Crippen molar-refractivity contribution < 1.29 is 4.79 Å². The molecule has 19 heavy (non-hydrogen) atoms. The van der Waals surface area contributed by atoms with E-state index in [0.717, 1.165) is 31.1 Å². The molecule has 1 aromatic rings. The molecule has 0 bridgehead atoms. The molecule has 0 aromatic heterocycles. The molecule has 0 radical (unpaired) electrons. The maximum atomic E-state index is 11.7. The highest BCUT2D eigenvalue weighted by atomic mass is 32.2. The van der Waals surface area contributed by atoms with Gasteiger partial charge in [0.1, 0.15) is 0 Å². The number of carbonyl (C=O) groups excluding carboxylic acids is 1. The summed E-state index contributed by atoms with van der Waals surface area (Å²) in [6.07, 6.45) is 0. The lowest BCUT2D eigenvalue weighted by Crippen LogP contribution is -2.26. The van der Waals surface area contributed by atoms with E-state index in [1.54, 1.807) is 23.9 Å². The Morgan fingerprint density at radius 1 is 1.37 bits per heavy atom. The summed E-state index contributed by atoms with van der Waals surface area (Å²) in [7, 11) is 0. The molecule has 0 unspecified atom stereocenters. The van der Waals surface area contributed by atoms with Crippen molar-refractivity contribution >= 4 is 29.0 Å². The summed E-state index contributed by atoms with van der Waals surface area (Å²) < 4.78 is 0. The zero-order valence-electron chi connectivity index (χ0n) is 11.7. The molecule has 0 fully saturated rings. The first-order valence-electron chi connectivity index (χ1n) is 6.61. The summed E-state index contributed by atoms with van der Waals surface area (Å²) in [6.45, 7) is 7.46. The second kappa shape index (κ2) is 8.82. The molecular formula is C14H23N3OS. The Labute approximate surface area is 119 Å². The molecule has 106 valence electrons. The normalized spacial score (nSPS) is 10.7. The van der Waals surface area contributed by atoms with Crippen LogP contribution in [0.2, 0.25) is 0 Å². The smallest absolute Gasteiger partial charge is 0.234 e. The van der Waals surface area contributed by atoms with E-state index < -0.39 is 0 Å². The van der Waals surface area contributed by atoms with E-state index in [4.69, 9.17) is 5.73 Å². The number of nitrogens with zero attached hydrogens (tertiary/aromatic N) is 1. The van der Waals surface area contributed by atoms with Crippen LogP contribution in [0.4, 0.5) is 11.4 Å². The monoisotopic (exact) mass is 281 g/mol. The number of amides is 1. The van der Waals surface area contributed by atoms with Gasteiger partial charge in [-0.3, -0.25) is 4.79 Å². The highest BCUT2D eigenvalue weighted by Crippen LogP contribution is 2.12. The maximum absolute atomic E-state index is 11.7. The second-order valence-corrected chi connectivity index (χ2v) is 5.36.